The molecule has 0 atom stereocenters. The predicted octanol–water partition coefficient (Wildman–Crippen LogP) is 5.38. The number of fused-ring (bicyclic) bond motifs is 1. The third-order valence-electron chi connectivity index (χ3n) is 6.07. The third-order valence-corrected chi connectivity index (χ3v) is 7.30. The lowest BCUT2D eigenvalue weighted by Gasteiger charge is -2.26. The second-order valence-corrected chi connectivity index (χ2v) is 9.83. The maximum absolute atomic E-state index is 12.5. The molecule has 0 aliphatic carbocycles. The lowest BCUT2D eigenvalue weighted by molar-refractivity contribution is -0.115. The van der Waals surface area contributed by atoms with Crippen molar-refractivity contribution in [2.75, 3.05) is 19.6 Å². The number of amidine groups is 1. The average Bonchev–Trinajstić information content (AvgIpc) is 3.32. The zero-order valence-electron chi connectivity index (χ0n) is 18.6. The number of carbonyl (C=O) groups excluding carboxylic acids is 1. The van der Waals surface area contributed by atoms with E-state index in [1.807, 2.05) is 36.4 Å². The molecule has 1 N–H and O–H groups in total. The molecule has 5 rings (SSSR count). The van der Waals surface area contributed by atoms with Gasteiger partial charge in [0.25, 0.3) is 5.91 Å². The fourth-order valence-electron chi connectivity index (χ4n) is 4.34. The van der Waals surface area contributed by atoms with Gasteiger partial charge in [-0.05, 0) is 80.5 Å². The molecule has 8 heteroatoms. The number of thioether (sulfide) groups is 1. The molecule has 2 aliphatic heterocycles. The van der Waals surface area contributed by atoms with Gasteiger partial charge in [0.05, 0.1) is 26.6 Å². The molecule has 0 radical (unpaired) electrons. The van der Waals surface area contributed by atoms with Gasteiger partial charge in [-0.15, -0.1) is 0 Å². The molecule has 170 valence electrons. The number of halogens is 1. The molecule has 33 heavy (non-hydrogen) atoms. The van der Waals surface area contributed by atoms with Crippen LogP contribution in [-0.2, 0) is 11.3 Å². The number of hydrogen-bond acceptors (Lipinski definition) is 5. The summed E-state index contributed by atoms with van der Waals surface area (Å²) in [6, 6.07) is 13.5. The van der Waals surface area contributed by atoms with E-state index in [1.54, 1.807) is 6.07 Å². The number of carbonyl (C=O) groups is 1. The number of nitrogens with zero attached hydrogens (tertiary/aromatic N) is 4. The number of amides is 1. The van der Waals surface area contributed by atoms with E-state index in [0.717, 1.165) is 35.5 Å². The van der Waals surface area contributed by atoms with Crippen LogP contribution in [0.3, 0.4) is 0 Å². The van der Waals surface area contributed by atoms with Crippen LogP contribution in [-0.4, -0.2) is 45.2 Å². The summed E-state index contributed by atoms with van der Waals surface area (Å²) in [5.41, 5.74) is 3.70. The molecule has 1 aromatic heterocycles. The first-order valence-electron chi connectivity index (χ1n) is 11.3. The Morgan fingerprint density at radius 3 is 2.79 bits per heavy atom. The molecule has 2 aliphatic rings. The van der Waals surface area contributed by atoms with Crippen molar-refractivity contribution in [3.05, 3.63) is 63.8 Å². The Labute approximate surface area is 202 Å². The molecule has 2 aromatic carbocycles. The van der Waals surface area contributed by atoms with Crippen molar-refractivity contribution in [2.45, 2.75) is 32.7 Å². The van der Waals surface area contributed by atoms with Crippen molar-refractivity contribution in [3.8, 4) is 0 Å². The van der Waals surface area contributed by atoms with Crippen LogP contribution in [0.15, 0.2) is 52.4 Å². The summed E-state index contributed by atoms with van der Waals surface area (Å²) in [7, 11) is 0. The SMILES string of the molecule is Cc1nc2ccc(/C=C3\SC(=Nc4ccccc4Cl)NC3=O)cc2n1CCN1CCCCC1. The lowest BCUT2D eigenvalue weighted by atomic mass is 10.1. The molecule has 0 bridgehead atoms. The number of benzene rings is 2. The molecule has 3 heterocycles. The molecule has 2 saturated heterocycles. The normalized spacial score (nSPS) is 19.6. The number of hydrogen-bond donors (Lipinski definition) is 1. The Bertz CT molecular complexity index is 1260. The molecule has 2 fully saturated rings. The van der Waals surface area contributed by atoms with Crippen molar-refractivity contribution in [1.29, 1.82) is 0 Å². The number of piperidine rings is 1. The fourth-order valence-corrected chi connectivity index (χ4v) is 5.35. The van der Waals surface area contributed by atoms with Gasteiger partial charge in [-0.1, -0.05) is 36.2 Å². The molecular formula is C25H26ClN5OS. The summed E-state index contributed by atoms with van der Waals surface area (Å²) in [4.78, 5) is 24.9. The van der Waals surface area contributed by atoms with Crippen molar-refractivity contribution >= 4 is 57.2 Å². The number of rotatable bonds is 5. The number of likely N-dealkylation sites (tertiary alicyclic amines) is 1. The van der Waals surface area contributed by atoms with Crippen molar-refractivity contribution < 1.29 is 4.79 Å². The second kappa shape index (κ2) is 9.71. The van der Waals surface area contributed by atoms with E-state index in [-0.39, 0.29) is 5.91 Å². The van der Waals surface area contributed by atoms with E-state index >= 15 is 0 Å². The van der Waals surface area contributed by atoms with Crippen molar-refractivity contribution in [1.82, 2.24) is 19.8 Å². The summed E-state index contributed by atoms with van der Waals surface area (Å²) in [5, 5.41) is 3.92. The summed E-state index contributed by atoms with van der Waals surface area (Å²) >= 11 is 7.52. The van der Waals surface area contributed by atoms with Crippen LogP contribution >= 0.6 is 23.4 Å². The molecular weight excluding hydrogens is 454 g/mol. The first-order chi connectivity index (χ1) is 16.1. The maximum atomic E-state index is 12.5. The second-order valence-electron chi connectivity index (χ2n) is 8.39. The minimum atomic E-state index is -0.152. The summed E-state index contributed by atoms with van der Waals surface area (Å²) in [6.45, 7) is 6.40. The van der Waals surface area contributed by atoms with Gasteiger partial charge in [-0.25, -0.2) is 9.98 Å². The lowest BCUT2D eigenvalue weighted by Crippen LogP contribution is -2.32. The largest absolute Gasteiger partial charge is 0.327 e. The smallest absolute Gasteiger partial charge is 0.264 e. The van der Waals surface area contributed by atoms with Crippen LogP contribution in [0, 0.1) is 6.92 Å². The molecule has 1 amide bonds. The number of aryl methyl sites for hydroxylation is 1. The molecule has 6 nitrogen and oxygen atoms in total. The highest BCUT2D eigenvalue weighted by Crippen LogP contribution is 2.31. The standard InChI is InChI=1S/C25H26ClN5OS/c1-17-27-21-10-9-18(15-22(21)31(17)14-13-30-11-5-2-6-12-30)16-23-24(32)29-25(33-23)28-20-8-4-3-7-19(20)26/h3-4,7-10,15-16H,2,5-6,11-14H2,1H3,(H,28,29,32)/b23-16-. The number of nitrogens with one attached hydrogen (secondary N) is 1. The zero-order chi connectivity index (χ0) is 22.8. The highest BCUT2D eigenvalue weighted by atomic mass is 35.5. The third kappa shape index (κ3) is 5.00. The summed E-state index contributed by atoms with van der Waals surface area (Å²) < 4.78 is 2.29. The van der Waals surface area contributed by atoms with Crippen LogP contribution in [0.25, 0.3) is 17.1 Å². The van der Waals surface area contributed by atoms with Gasteiger partial charge < -0.3 is 14.8 Å². The first kappa shape index (κ1) is 22.2. The van der Waals surface area contributed by atoms with Gasteiger partial charge in [0.15, 0.2) is 5.17 Å². The highest BCUT2D eigenvalue weighted by molar-refractivity contribution is 8.18. The van der Waals surface area contributed by atoms with Gasteiger partial charge in [0.1, 0.15) is 5.82 Å². The Kier molecular flexibility index (Phi) is 6.53. The van der Waals surface area contributed by atoms with Crippen LogP contribution in [0.1, 0.15) is 30.7 Å². The van der Waals surface area contributed by atoms with Gasteiger partial charge in [-0.2, -0.15) is 0 Å². The molecule has 3 aromatic rings. The van der Waals surface area contributed by atoms with E-state index in [2.05, 4.69) is 32.8 Å². The highest BCUT2D eigenvalue weighted by Gasteiger charge is 2.24. The maximum Gasteiger partial charge on any atom is 0.264 e. The predicted molar refractivity (Wildman–Crippen MR) is 137 cm³/mol. The first-order valence-corrected chi connectivity index (χ1v) is 12.5. The fraction of sp³-hybridized carbons (Fsp3) is 0.320. The molecule has 0 saturated carbocycles. The van der Waals surface area contributed by atoms with E-state index in [9.17, 15) is 4.79 Å². The number of aliphatic imine (C=N–C) groups is 1. The van der Waals surface area contributed by atoms with Gasteiger partial charge in [0.2, 0.25) is 0 Å². The Morgan fingerprint density at radius 2 is 1.97 bits per heavy atom. The Morgan fingerprint density at radius 1 is 1.15 bits per heavy atom. The van der Waals surface area contributed by atoms with E-state index < -0.39 is 0 Å². The van der Waals surface area contributed by atoms with Crippen LogP contribution in [0.5, 0.6) is 0 Å². The van der Waals surface area contributed by atoms with E-state index in [4.69, 9.17) is 16.6 Å². The van der Waals surface area contributed by atoms with Gasteiger partial charge in [0, 0.05) is 13.1 Å². The number of para-hydroxylation sites is 1. The van der Waals surface area contributed by atoms with Gasteiger partial charge in [-0.3, -0.25) is 4.79 Å². The van der Waals surface area contributed by atoms with Crippen LogP contribution in [0.4, 0.5) is 5.69 Å². The topological polar surface area (TPSA) is 62.5 Å². The van der Waals surface area contributed by atoms with Gasteiger partial charge >= 0.3 is 0 Å². The molecule has 0 spiro atoms. The van der Waals surface area contributed by atoms with E-state index in [1.165, 1.54) is 44.1 Å². The van der Waals surface area contributed by atoms with E-state index in [0.29, 0.717) is 20.8 Å². The van der Waals surface area contributed by atoms with Crippen LogP contribution < -0.4 is 5.32 Å². The Hall–Kier alpha value is -2.61. The van der Waals surface area contributed by atoms with Crippen molar-refractivity contribution in [3.63, 3.8) is 0 Å². The summed E-state index contributed by atoms with van der Waals surface area (Å²) in [5.74, 6) is 0.870. The Balaban J connectivity index is 1.37. The monoisotopic (exact) mass is 479 g/mol. The van der Waals surface area contributed by atoms with Crippen LogP contribution in [0.2, 0.25) is 5.02 Å². The quantitative estimate of drug-likeness (QED) is 0.499. The number of aromatic nitrogens is 2. The minimum Gasteiger partial charge on any atom is -0.327 e. The number of imidazole rings is 1. The zero-order valence-corrected chi connectivity index (χ0v) is 20.1. The summed E-state index contributed by atoms with van der Waals surface area (Å²) in [6.07, 6.45) is 5.84. The molecule has 0 unspecified atom stereocenters. The average molecular weight is 480 g/mol. The minimum absolute atomic E-state index is 0.152. The van der Waals surface area contributed by atoms with Crippen molar-refractivity contribution in [2.24, 2.45) is 4.99 Å².